The van der Waals surface area contributed by atoms with Gasteiger partial charge >= 0.3 is 0 Å². The van der Waals surface area contributed by atoms with Gasteiger partial charge in [-0.05, 0) is 24.3 Å². The van der Waals surface area contributed by atoms with Crippen LogP contribution in [0.4, 0.5) is 0 Å². The maximum atomic E-state index is 12.2. The molecule has 0 fully saturated rings. The van der Waals surface area contributed by atoms with Crippen molar-refractivity contribution >= 4 is 10.0 Å². The zero-order valence-corrected chi connectivity index (χ0v) is 13.3. The first-order chi connectivity index (χ1) is 10.6. The molecule has 0 spiro atoms. The molecule has 0 unspecified atom stereocenters. The average Bonchev–Trinajstić information content (AvgIpc) is 2.98. The van der Waals surface area contributed by atoms with Gasteiger partial charge in [0.05, 0.1) is 37.2 Å². The number of hydrogen-bond acceptors (Lipinski definition) is 5. The van der Waals surface area contributed by atoms with E-state index in [4.69, 9.17) is 9.47 Å². The van der Waals surface area contributed by atoms with Gasteiger partial charge < -0.3 is 14.0 Å². The summed E-state index contributed by atoms with van der Waals surface area (Å²) in [6.45, 7) is 1.32. The first kappa shape index (κ1) is 16.5. The fourth-order valence-corrected chi connectivity index (χ4v) is 2.89. The molecule has 0 radical (unpaired) electrons. The predicted octanol–water partition coefficient (Wildman–Crippen LogP) is 1.02. The van der Waals surface area contributed by atoms with Crippen LogP contribution in [0.5, 0.6) is 5.75 Å². The molecule has 2 aromatic rings. The molecule has 1 aromatic carbocycles. The third kappa shape index (κ3) is 4.06. The van der Waals surface area contributed by atoms with Crippen molar-refractivity contribution in [2.45, 2.75) is 18.0 Å². The summed E-state index contributed by atoms with van der Waals surface area (Å²) in [7, 11) is -0.432. The molecule has 0 saturated heterocycles. The molecule has 2 rings (SSSR count). The number of aromatic nitrogens is 2. The summed E-state index contributed by atoms with van der Waals surface area (Å²) in [5, 5.41) is 0. The lowest BCUT2D eigenvalue weighted by Gasteiger charge is -2.10. The SMILES string of the molecule is COCCn1cncc1CNS(=O)(=O)c1ccc(OC)cc1. The Labute approximate surface area is 129 Å². The Kier molecular flexibility index (Phi) is 5.53. The number of ether oxygens (including phenoxy) is 2. The highest BCUT2D eigenvalue weighted by molar-refractivity contribution is 7.89. The lowest BCUT2D eigenvalue weighted by molar-refractivity contribution is 0.186. The quantitative estimate of drug-likeness (QED) is 0.783. The highest BCUT2D eigenvalue weighted by Crippen LogP contribution is 2.15. The molecule has 1 aromatic heterocycles. The molecule has 0 aliphatic heterocycles. The topological polar surface area (TPSA) is 82.5 Å². The smallest absolute Gasteiger partial charge is 0.240 e. The normalized spacial score (nSPS) is 11.5. The van der Waals surface area contributed by atoms with E-state index >= 15 is 0 Å². The van der Waals surface area contributed by atoms with Gasteiger partial charge in [0.15, 0.2) is 0 Å². The van der Waals surface area contributed by atoms with E-state index in [-0.39, 0.29) is 11.4 Å². The number of benzene rings is 1. The first-order valence-corrected chi connectivity index (χ1v) is 8.17. The largest absolute Gasteiger partial charge is 0.497 e. The van der Waals surface area contributed by atoms with E-state index in [1.807, 2.05) is 4.57 Å². The van der Waals surface area contributed by atoms with E-state index in [0.717, 1.165) is 5.69 Å². The molecule has 1 N–H and O–H groups in total. The van der Waals surface area contributed by atoms with Crippen LogP contribution < -0.4 is 9.46 Å². The van der Waals surface area contributed by atoms with Gasteiger partial charge in [-0.2, -0.15) is 0 Å². The van der Waals surface area contributed by atoms with Crippen molar-refractivity contribution < 1.29 is 17.9 Å². The number of imidazole rings is 1. The molecule has 0 amide bonds. The van der Waals surface area contributed by atoms with Gasteiger partial charge in [0.1, 0.15) is 5.75 Å². The predicted molar refractivity (Wildman–Crippen MR) is 81.1 cm³/mol. The van der Waals surface area contributed by atoms with Crippen LogP contribution in [0.1, 0.15) is 5.69 Å². The monoisotopic (exact) mass is 325 g/mol. The summed E-state index contributed by atoms with van der Waals surface area (Å²) in [5.41, 5.74) is 0.772. The standard InChI is InChI=1S/C14H19N3O4S/c1-20-8-7-17-11-15-9-12(17)10-16-22(18,19)14-5-3-13(21-2)4-6-14/h3-6,9,11,16H,7-8,10H2,1-2H3. The van der Waals surface area contributed by atoms with Gasteiger partial charge in [0, 0.05) is 19.9 Å². The first-order valence-electron chi connectivity index (χ1n) is 6.68. The van der Waals surface area contributed by atoms with Crippen molar-refractivity contribution in [2.75, 3.05) is 20.8 Å². The highest BCUT2D eigenvalue weighted by Gasteiger charge is 2.14. The van der Waals surface area contributed by atoms with Crippen LogP contribution in [0, 0.1) is 0 Å². The lowest BCUT2D eigenvalue weighted by Crippen LogP contribution is -2.24. The van der Waals surface area contributed by atoms with Gasteiger partial charge in [-0.3, -0.25) is 0 Å². The second-order valence-corrected chi connectivity index (χ2v) is 6.34. The third-order valence-corrected chi connectivity index (χ3v) is 4.57. The summed E-state index contributed by atoms with van der Waals surface area (Å²) < 4.78 is 38.9. The van der Waals surface area contributed by atoms with Gasteiger partial charge in [-0.25, -0.2) is 18.1 Å². The van der Waals surface area contributed by atoms with Crippen molar-refractivity contribution in [1.29, 1.82) is 0 Å². The molecule has 1 heterocycles. The number of nitrogens with one attached hydrogen (secondary N) is 1. The van der Waals surface area contributed by atoms with E-state index in [0.29, 0.717) is 18.9 Å². The average molecular weight is 325 g/mol. The zero-order valence-electron chi connectivity index (χ0n) is 12.5. The summed E-state index contributed by atoms with van der Waals surface area (Å²) >= 11 is 0. The second kappa shape index (κ2) is 7.39. The maximum absolute atomic E-state index is 12.2. The Morgan fingerprint density at radius 3 is 2.59 bits per heavy atom. The number of nitrogens with zero attached hydrogens (tertiary/aromatic N) is 2. The van der Waals surface area contributed by atoms with E-state index in [2.05, 4.69) is 9.71 Å². The third-order valence-electron chi connectivity index (χ3n) is 3.15. The minimum atomic E-state index is -3.58. The fraction of sp³-hybridized carbons (Fsp3) is 0.357. The summed E-state index contributed by atoms with van der Waals surface area (Å²) in [5.74, 6) is 0.608. The number of methoxy groups -OCH3 is 2. The van der Waals surface area contributed by atoms with Gasteiger partial charge in [0.2, 0.25) is 10.0 Å². The molecule has 0 bridgehead atoms. The Morgan fingerprint density at radius 1 is 1.23 bits per heavy atom. The Morgan fingerprint density at radius 2 is 1.95 bits per heavy atom. The van der Waals surface area contributed by atoms with Crippen LogP contribution in [0.2, 0.25) is 0 Å². The van der Waals surface area contributed by atoms with Crippen molar-refractivity contribution in [1.82, 2.24) is 14.3 Å². The molecule has 120 valence electrons. The molecule has 0 atom stereocenters. The lowest BCUT2D eigenvalue weighted by atomic mass is 10.3. The Bertz CT molecular complexity index is 695. The molecule has 7 nitrogen and oxygen atoms in total. The van der Waals surface area contributed by atoms with E-state index in [9.17, 15) is 8.42 Å². The van der Waals surface area contributed by atoms with Crippen molar-refractivity contribution in [3.8, 4) is 5.75 Å². The van der Waals surface area contributed by atoms with Gasteiger partial charge in [-0.1, -0.05) is 0 Å². The summed E-state index contributed by atoms with van der Waals surface area (Å²) in [4.78, 5) is 4.22. The van der Waals surface area contributed by atoms with Crippen LogP contribution in [-0.2, 0) is 27.8 Å². The number of rotatable bonds is 8. The molecule has 0 aliphatic carbocycles. The Balaban J connectivity index is 2.04. The molecule has 8 heteroatoms. The number of sulfonamides is 1. The van der Waals surface area contributed by atoms with Gasteiger partial charge in [-0.15, -0.1) is 0 Å². The van der Waals surface area contributed by atoms with Crippen molar-refractivity contribution in [3.05, 3.63) is 42.5 Å². The molecule has 0 saturated carbocycles. The molecular formula is C14H19N3O4S. The minimum absolute atomic E-state index is 0.165. The maximum Gasteiger partial charge on any atom is 0.240 e. The van der Waals surface area contributed by atoms with Crippen LogP contribution in [0.25, 0.3) is 0 Å². The minimum Gasteiger partial charge on any atom is -0.497 e. The van der Waals surface area contributed by atoms with Gasteiger partial charge in [0.25, 0.3) is 0 Å². The van der Waals surface area contributed by atoms with Crippen LogP contribution in [0.15, 0.2) is 41.7 Å². The fourth-order valence-electron chi connectivity index (χ4n) is 1.89. The Hall–Kier alpha value is -1.90. The van der Waals surface area contributed by atoms with Crippen LogP contribution in [0.3, 0.4) is 0 Å². The highest BCUT2D eigenvalue weighted by atomic mass is 32.2. The van der Waals surface area contributed by atoms with Crippen LogP contribution in [-0.4, -0.2) is 38.8 Å². The number of hydrogen-bond donors (Lipinski definition) is 1. The summed E-state index contributed by atoms with van der Waals surface area (Å²) in [6, 6.07) is 6.22. The molecular weight excluding hydrogens is 306 g/mol. The zero-order chi connectivity index (χ0) is 16.0. The summed E-state index contributed by atoms with van der Waals surface area (Å²) in [6.07, 6.45) is 3.28. The second-order valence-electron chi connectivity index (χ2n) is 4.57. The van der Waals surface area contributed by atoms with Crippen molar-refractivity contribution in [2.24, 2.45) is 0 Å². The van der Waals surface area contributed by atoms with E-state index < -0.39 is 10.0 Å². The van der Waals surface area contributed by atoms with E-state index in [1.54, 1.807) is 31.8 Å². The van der Waals surface area contributed by atoms with Crippen LogP contribution >= 0.6 is 0 Å². The van der Waals surface area contributed by atoms with Crippen molar-refractivity contribution in [3.63, 3.8) is 0 Å². The molecule has 0 aliphatic rings. The van der Waals surface area contributed by atoms with E-state index in [1.165, 1.54) is 19.2 Å². The molecule has 22 heavy (non-hydrogen) atoms.